The Morgan fingerprint density at radius 1 is 0.650 bits per heavy atom. The Bertz CT molecular complexity index is 688. The van der Waals surface area contributed by atoms with Gasteiger partial charge >= 0.3 is 0 Å². The minimum atomic E-state index is -0.744. The molecule has 10 N–H and O–H groups in total. The van der Waals surface area contributed by atoms with Crippen molar-refractivity contribution >= 4 is 23.6 Å². The molecule has 4 amide bonds. The van der Waals surface area contributed by atoms with E-state index in [1.165, 1.54) is 0 Å². The Hall–Kier alpha value is -2.40. The lowest BCUT2D eigenvalue weighted by molar-refractivity contribution is -0.131. The third kappa shape index (κ3) is 22.4. The number of likely N-dealkylation sites (N-methyl/N-ethyl adjacent to an activating group) is 1. The molecule has 0 aromatic rings. The predicted octanol–water partition coefficient (Wildman–Crippen LogP) is -2.90. The molecule has 0 bridgehead atoms. The minimum Gasteiger partial charge on any atom is -0.377 e. The topological polar surface area (TPSA) is 231 Å². The fourth-order valence-corrected chi connectivity index (χ4v) is 3.37. The van der Waals surface area contributed by atoms with Gasteiger partial charge in [-0.05, 0) is 52.2 Å². The standard InChI is InChI=1S/C25H51N7O8/c1-29-21(7-3-5-9-27)25(36)31-11-13-38-14-16-39-18-22(33)30-10-12-37-15-17-40-19-23(34)32-20(24(28)35)6-2-4-8-26/h20-21,29H,2-19,26-27H2,1H3,(H2,28,35)(H,30,33)(H,31,36)(H,32,34)/t20-,21-/m0/s1. The first-order valence-corrected chi connectivity index (χ1v) is 13.9. The van der Waals surface area contributed by atoms with Gasteiger partial charge in [-0.15, -0.1) is 0 Å². The second-order valence-corrected chi connectivity index (χ2v) is 8.90. The molecule has 0 rings (SSSR count). The van der Waals surface area contributed by atoms with Crippen LogP contribution < -0.4 is 38.5 Å². The molecule has 0 unspecified atom stereocenters. The zero-order valence-corrected chi connectivity index (χ0v) is 23.9. The number of hydrogen-bond acceptors (Lipinski definition) is 11. The van der Waals surface area contributed by atoms with Crippen LogP contribution in [-0.4, -0.2) is 122 Å². The molecule has 0 spiro atoms. The molecule has 234 valence electrons. The third-order valence-corrected chi connectivity index (χ3v) is 5.56. The first-order valence-electron chi connectivity index (χ1n) is 13.9. The van der Waals surface area contributed by atoms with Gasteiger partial charge in [-0.1, -0.05) is 6.42 Å². The maximum Gasteiger partial charge on any atom is 0.246 e. The number of carbonyl (C=O) groups is 4. The van der Waals surface area contributed by atoms with Crippen molar-refractivity contribution in [1.29, 1.82) is 0 Å². The number of unbranched alkanes of at least 4 members (excludes halogenated alkanes) is 2. The van der Waals surface area contributed by atoms with E-state index < -0.39 is 17.9 Å². The molecule has 0 aliphatic carbocycles. The molecule has 40 heavy (non-hydrogen) atoms. The van der Waals surface area contributed by atoms with Crippen LogP contribution in [-0.2, 0) is 38.1 Å². The molecular formula is C25H51N7O8. The summed E-state index contributed by atoms with van der Waals surface area (Å²) in [5.74, 6) is -1.39. The highest BCUT2D eigenvalue weighted by Crippen LogP contribution is 2.01. The van der Waals surface area contributed by atoms with Crippen LogP contribution in [0.1, 0.15) is 38.5 Å². The quantitative estimate of drug-likeness (QED) is 0.0466. The van der Waals surface area contributed by atoms with E-state index in [9.17, 15) is 19.2 Å². The fourth-order valence-electron chi connectivity index (χ4n) is 3.37. The van der Waals surface area contributed by atoms with E-state index in [0.29, 0.717) is 52.2 Å². The van der Waals surface area contributed by atoms with Gasteiger partial charge in [0.2, 0.25) is 23.6 Å². The summed E-state index contributed by atoms with van der Waals surface area (Å²) in [6.07, 6.45) is 4.37. The van der Waals surface area contributed by atoms with Crippen molar-refractivity contribution in [2.45, 2.75) is 50.6 Å². The van der Waals surface area contributed by atoms with Gasteiger partial charge in [-0.2, -0.15) is 0 Å². The highest BCUT2D eigenvalue weighted by atomic mass is 16.5. The van der Waals surface area contributed by atoms with Gasteiger partial charge in [0, 0.05) is 13.1 Å². The Kier molecular flexibility index (Phi) is 25.2. The van der Waals surface area contributed by atoms with E-state index >= 15 is 0 Å². The Labute approximate surface area is 237 Å². The average Bonchev–Trinajstić information content (AvgIpc) is 2.93. The van der Waals surface area contributed by atoms with E-state index in [0.717, 1.165) is 25.7 Å². The molecule has 0 aliphatic rings. The summed E-state index contributed by atoms with van der Waals surface area (Å²) >= 11 is 0. The second kappa shape index (κ2) is 26.8. The number of rotatable bonds is 28. The lowest BCUT2D eigenvalue weighted by atomic mass is 10.1. The molecule has 0 heterocycles. The number of hydrogen-bond donors (Lipinski definition) is 7. The first-order chi connectivity index (χ1) is 19.3. The number of carbonyl (C=O) groups excluding carboxylic acids is 4. The van der Waals surface area contributed by atoms with Crippen LogP contribution >= 0.6 is 0 Å². The van der Waals surface area contributed by atoms with E-state index in [-0.39, 0.29) is 57.5 Å². The molecule has 0 aromatic heterocycles. The van der Waals surface area contributed by atoms with Crippen molar-refractivity contribution < 1.29 is 38.1 Å². The van der Waals surface area contributed by atoms with Crippen molar-refractivity contribution in [3.63, 3.8) is 0 Å². The van der Waals surface area contributed by atoms with E-state index in [4.69, 9.17) is 36.1 Å². The van der Waals surface area contributed by atoms with Crippen molar-refractivity contribution in [1.82, 2.24) is 21.3 Å². The Morgan fingerprint density at radius 2 is 1.15 bits per heavy atom. The molecule has 0 saturated heterocycles. The molecule has 0 aliphatic heterocycles. The maximum atomic E-state index is 12.1. The van der Waals surface area contributed by atoms with Crippen molar-refractivity contribution in [3.05, 3.63) is 0 Å². The van der Waals surface area contributed by atoms with E-state index in [1.54, 1.807) is 7.05 Å². The van der Waals surface area contributed by atoms with Gasteiger partial charge < -0.3 is 57.4 Å². The van der Waals surface area contributed by atoms with Crippen LogP contribution in [0, 0.1) is 0 Å². The summed E-state index contributed by atoms with van der Waals surface area (Å²) in [6, 6.07) is -0.988. The van der Waals surface area contributed by atoms with Crippen LogP contribution in [0.15, 0.2) is 0 Å². The highest BCUT2D eigenvalue weighted by Gasteiger charge is 2.17. The average molecular weight is 578 g/mol. The van der Waals surface area contributed by atoms with Crippen molar-refractivity contribution in [3.8, 4) is 0 Å². The summed E-state index contributed by atoms with van der Waals surface area (Å²) in [4.78, 5) is 47.1. The van der Waals surface area contributed by atoms with Crippen LogP contribution in [0.3, 0.4) is 0 Å². The number of amides is 4. The molecule has 0 radical (unpaired) electrons. The van der Waals surface area contributed by atoms with Crippen LogP contribution in [0.2, 0.25) is 0 Å². The first kappa shape index (κ1) is 37.6. The predicted molar refractivity (Wildman–Crippen MR) is 149 cm³/mol. The lowest BCUT2D eigenvalue weighted by Gasteiger charge is -2.15. The summed E-state index contributed by atoms with van der Waals surface area (Å²) in [6.45, 7) is 3.04. The van der Waals surface area contributed by atoms with Crippen LogP contribution in [0.5, 0.6) is 0 Å². The summed E-state index contributed by atoms with van der Waals surface area (Å²) in [5, 5.41) is 11.0. The normalized spacial score (nSPS) is 12.5. The van der Waals surface area contributed by atoms with Gasteiger partial charge in [-0.3, -0.25) is 19.2 Å². The monoisotopic (exact) mass is 577 g/mol. The minimum absolute atomic E-state index is 0.0694. The third-order valence-electron chi connectivity index (χ3n) is 5.56. The number of nitrogens with one attached hydrogen (secondary N) is 4. The SMILES string of the molecule is CN[C@@H](CCCCN)C(=O)NCCOCCOCC(=O)NCCOCCOCC(=O)N[C@@H](CCCCN)C(N)=O. The molecule has 0 saturated carbocycles. The number of nitrogens with two attached hydrogens (primary N) is 3. The van der Waals surface area contributed by atoms with Gasteiger partial charge in [0.25, 0.3) is 0 Å². The molecular weight excluding hydrogens is 526 g/mol. The Balaban J connectivity index is 3.60. The number of ether oxygens (including phenoxy) is 4. The van der Waals surface area contributed by atoms with Gasteiger partial charge in [-0.25, -0.2) is 0 Å². The highest BCUT2D eigenvalue weighted by molar-refractivity contribution is 5.87. The zero-order chi connectivity index (χ0) is 29.8. The smallest absolute Gasteiger partial charge is 0.246 e. The largest absolute Gasteiger partial charge is 0.377 e. The summed E-state index contributed by atoms with van der Waals surface area (Å²) in [5.41, 5.74) is 16.2. The van der Waals surface area contributed by atoms with Crippen molar-refractivity contribution in [2.24, 2.45) is 17.2 Å². The van der Waals surface area contributed by atoms with Gasteiger partial charge in [0.05, 0.1) is 45.7 Å². The molecule has 0 fully saturated rings. The molecule has 2 atom stereocenters. The molecule has 0 aromatic carbocycles. The van der Waals surface area contributed by atoms with Crippen molar-refractivity contribution in [2.75, 3.05) is 86.1 Å². The van der Waals surface area contributed by atoms with Gasteiger partial charge in [0.1, 0.15) is 19.3 Å². The van der Waals surface area contributed by atoms with Crippen LogP contribution in [0.4, 0.5) is 0 Å². The lowest BCUT2D eigenvalue weighted by Crippen LogP contribution is -2.45. The molecule has 15 nitrogen and oxygen atoms in total. The second-order valence-electron chi connectivity index (χ2n) is 8.90. The number of primary amides is 1. The summed E-state index contributed by atoms with van der Waals surface area (Å²) < 4.78 is 21.2. The van der Waals surface area contributed by atoms with E-state index in [2.05, 4.69) is 21.3 Å². The van der Waals surface area contributed by atoms with Gasteiger partial charge in [0.15, 0.2) is 0 Å². The molecule has 15 heteroatoms. The zero-order valence-electron chi connectivity index (χ0n) is 23.9. The maximum absolute atomic E-state index is 12.1. The summed E-state index contributed by atoms with van der Waals surface area (Å²) in [7, 11) is 1.75. The Morgan fingerprint density at radius 3 is 1.68 bits per heavy atom. The van der Waals surface area contributed by atoms with E-state index in [1.807, 2.05) is 0 Å². The van der Waals surface area contributed by atoms with Crippen LogP contribution in [0.25, 0.3) is 0 Å². The fraction of sp³-hybridized carbons (Fsp3) is 0.840.